The smallest absolute Gasteiger partial charge is 0.328 e. The highest BCUT2D eigenvalue weighted by Crippen LogP contribution is 2.33. The second-order valence-corrected chi connectivity index (χ2v) is 6.66. The van der Waals surface area contributed by atoms with Crippen molar-refractivity contribution in [2.75, 3.05) is 5.32 Å². The third-order valence-electron chi connectivity index (χ3n) is 3.73. The van der Waals surface area contributed by atoms with E-state index in [1.165, 1.54) is 35.6 Å². The van der Waals surface area contributed by atoms with Crippen molar-refractivity contribution < 1.29 is 14.7 Å². The topological polar surface area (TPSA) is 84.2 Å². The van der Waals surface area contributed by atoms with E-state index < -0.39 is 17.9 Å². The van der Waals surface area contributed by atoms with Gasteiger partial charge in [0, 0.05) is 16.0 Å². The SMILES string of the molecule is CC(C(=O)O)n1nccc1C(=O)Nc1ccccc1Sc1ccccc1. The number of nitrogens with zero attached hydrogens (tertiary/aromatic N) is 2. The molecule has 1 aromatic heterocycles. The number of benzene rings is 2. The van der Waals surface area contributed by atoms with E-state index in [0.29, 0.717) is 5.69 Å². The lowest BCUT2D eigenvalue weighted by Crippen LogP contribution is -2.24. The van der Waals surface area contributed by atoms with E-state index in [9.17, 15) is 9.59 Å². The van der Waals surface area contributed by atoms with E-state index in [-0.39, 0.29) is 5.69 Å². The molecule has 0 aliphatic heterocycles. The maximum Gasteiger partial charge on any atom is 0.328 e. The first-order valence-electron chi connectivity index (χ1n) is 7.96. The molecule has 3 rings (SSSR count). The van der Waals surface area contributed by atoms with Crippen molar-refractivity contribution >= 4 is 29.3 Å². The zero-order chi connectivity index (χ0) is 18.5. The average molecular weight is 367 g/mol. The number of anilines is 1. The van der Waals surface area contributed by atoms with Crippen molar-refractivity contribution in [3.8, 4) is 0 Å². The molecule has 1 heterocycles. The maximum atomic E-state index is 12.7. The summed E-state index contributed by atoms with van der Waals surface area (Å²) in [5.41, 5.74) is 0.849. The summed E-state index contributed by atoms with van der Waals surface area (Å²) in [5, 5.41) is 16.0. The summed E-state index contributed by atoms with van der Waals surface area (Å²) in [7, 11) is 0. The van der Waals surface area contributed by atoms with E-state index in [1.807, 2.05) is 54.6 Å². The van der Waals surface area contributed by atoms with Crippen LogP contribution in [0.3, 0.4) is 0 Å². The van der Waals surface area contributed by atoms with Gasteiger partial charge in [0.15, 0.2) is 0 Å². The molecule has 26 heavy (non-hydrogen) atoms. The highest BCUT2D eigenvalue weighted by molar-refractivity contribution is 7.99. The van der Waals surface area contributed by atoms with E-state index in [0.717, 1.165) is 9.79 Å². The normalized spacial score (nSPS) is 11.7. The molecule has 0 saturated heterocycles. The Balaban J connectivity index is 1.83. The Kier molecular flexibility index (Phi) is 5.38. The summed E-state index contributed by atoms with van der Waals surface area (Å²) in [5.74, 6) is -1.46. The quantitative estimate of drug-likeness (QED) is 0.689. The van der Waals surface area contributed by atoms with Crippen molar-refractivity contribution in [2.45, 2.75) is 22.8 Å². The second kappa shape index (κ2) is 7.88. The molecule has 2 N–H and O–H groups in total. The molecule has 0 bridgehead atoms. The molecule has 132 valence electrons. The lowest BCUT2D eigenvalue weighted by molar-refractivity contribution is -0.140. The number of aromatic nitrogens is 2. The number of carboxylic acids is 1. The van der Waals surface area contributed by atoms with E-state index >= 15 is 0 Å². The molecule has 0 radical (unpaired) electrons. The molecule has 0 saturated carbocycles. The minimum atomic E-state index is -1.05. The Morgan fingerprint density at radius 2 is 1.77 bits per heavy atom. The fraction of sp³-hybridized carbons (Fsp3) is 0.105. The van der Waals surface area contributed by atoms with Crippen LogP contribution in [0.5, 0.6) is 0 Å². The van der Waals surface area contributed by atoms with Crippen LogP contribution in [0.15, 0.2) is 76.7 Å². The standard InChI is InChI=1S/C19H17N3O3S/c1-13(19(24)25)22-16(11-12-20-22)18(23)21-15-9-5-6-10-17(15)26-14-7-3-2-4-8-14/h2-13H,1H3,(H,21,23)(H,24,25). The van der Waals surface area contributed by atoms with Crippen LogP contribution >= 0.6 is 11.8 Å². The Labute approximate surface area is 154 Å². The highest BCUT2D eigenvalue weighted by Gasteiger charge is 2.21. The van der Waals surface area contributed by atoms with Gasteiger partial charge in [-0.1, -0.05) is 42.1 Å². The fourth-order valence-electron chi connectivity index (χ4n) is 2.37. The zero-order valence-corrected chi connectivity index (χ0v) is 14.8. The summed E-state index contributed by atoms with van der Waals surface area (Å²) in [6.45, 7) is 1.48. The Hall–Kier alpha value is -3.06. The lowest BCUT2D eigenvalue weighted by Gasteiger charge is -2.13. The molecular formula is C19H17N3O3S. The third kappa shape index (κ3) is 3.94. The minimum Gasteiger partial charge on any atom is -0.480 e. The highest BCUT2D eigenvalue weighted by atomic mass is 32.2. The van der Waals surface area contributed by atoms with Gasteiger partial charge < -0.3 is 10.4 Å². The lowest BCUT2D eigenvalue weighted by atomic mass is 10.3. The van der Waals surface area contributed by atoms with Crippen molar-refractivity contribution in [1.29, 1.82) is 0 Å². The van der Waals surface area contributed by atoms with Gasteiger partial charge in [0.05, 0.1) is 5.69 Å². The van der Waals surface area contributed by atoms with Crippen LogP contribution in [0, 0.1) is 0 Å². The summed E-state index contributed by atoms with van der Waals surface area (Å²) in [6, 6.07) is 17.9. The second-order valence-electron chi connectivity index (χ2n) is 5.54. The van der Waals surface area contributed by atoms with Gasteiger partial charge in [-0.2, -0.15) is 5.10 Å². The molecule has 0 aliphatic rings. The number of hydrogen-bond acceptors (Lipinski definition) is 4. The molecule has 7 heteroatoms. The van der Waals surface area contributed by atoms with Gasteiger partial charge in [0.2, 0.25) is 0 Å². The minimum absolute atomic E-state index is 0.194. The van der Waals surface area contributed by atoms with Gasteiger partial charge in [0.25, 0.3) is 5.91 Å². The van der Waals surface area contributed by atoms with Crippen molar-refractivity contribution in [2.24, 2.45) is 0 Å². The summed E-state index contributed by atoms with van der Waals surface area (Å²) in [4.78, 5) is 25.8. The van der Waals surface area contributed by atoms with Gasteiger partial charge >= 0.3 is 5.97 Å². The number of aliphatic carboxylic acids is 1. The maximum absolute atomic E-state index is 12.7. The molecule has 3 aromatic rings. The molecule has 1 amide bonds. The van der Waals surface area contributed by atoms with Gasteiger partial charge in [-0.25, -0.2) is 9.48 Å². The van der Waals surface area contributed by atoms with Crippen LogP contribution in [-0.2, 0) is 4.79 Å². The van der Waals surface area contributed by atoms with Crippen molar-refractivity contribution in [3.05, 3.63) is 72.6 Å². The first kappa shape index (κ1) is 17.8. The molecule has 1 atom stereocenters. The number of carboxylic acid groups (broad SMARTS) is 1. The summed E-state index contributed by atoms with van der Waals surface area (Å²) in [6.07, 6.45) is 1.42. The van der Waals surface area contributed by atoms with Crippen LogP contribution in [0.1, 0.15) is 23.5 Å². The Morgan fingerprint density at radius 3 is 2.50 bits per heavy atom. The van der Waals surface area contributed by atoms with E-state index in [1.54, 1.807) is 0 Å². The third-order valence-corrected chi connectivity index (χ3v) is 4.82. The fourth-order valence-corrected chi connectivity index (χ4v) is 3.29. The summed E-state index contributed by atoms with van der Waals surface area (Å²) >= 11 is 1.54. The number of amides is 1. The molecule has 0 spiro atoms. The number of nitrogens with one attached hydrogen (secondary N) is 1. The number of rotatable bonds is 6. The molecule has 1 unspecified atom stereocenters. The first-order chi connectivity index (χ1) is 12.6. The Morgan fingerprint density at radius 1 is 1.08 bits per heavy atom. The predicted octanol–water partition coefficient (Wildman–Crippen LogP) is 3.93. The van der Waals surface area contributed by atoms with Crippen molar-refractivity contribution in [1.82, 2.24) is 9.78 Å². The van der Waals surface area contributed by atoms with Gasteiger partial charge in [0.1, 0.15) is 11.7 Å². The van der Waals surface area contributed by atoms with Crippen LogP contribution in [0.2, 0.25) is 0 Å². The van der Waals surface area contributed by atoms with Gasteiger partial charge in [-0.15, -0.1) is 0 Å². The molecule has 0 fully saturated rings. The first-order valence-corrected chi connectivity index (χ1v) is 8.77. The average Bonchev–Trinajstić information content (AvgIpc) is 3.13. The number of hydrogen-bond donors (Lipinski definition) is 2. The monoisotopic (exact) mass is 367 g/mol. The van der Waals surface area contributed by atoms with E-state index in [4.69, 9.17) is 5.11 Å². The zero-order valence-electron chi connectivity index (χ0n) is 14.0. The summed E-state index contributed by atoms with van der Waals surface area (Å²) < 4.78 is 1.20. The van der Waals surface area contributed by atoms with Crippen LogP contribution in [0.4, 0.5) is 5.69 Å². The van der Waals surface area contributed by atoms with Crippen molar-refractivity contribution in [3.63, 3.8) is 0 Å². The number of carbonyl (C=O) groups excluding carboxylic acids is 1. The number of carbonyl (C=O) groups is 2. The molecular weight excluding hydrogens is 350 g/mol. The molecule has 6 nitrogen and oxygen atoms in total. The molecule has 0 aliphatic carbocycles. The largest absolute Gasteiger partial charge is 0.480 e. The van der Waals surface area contributed by atoms with E-state index in [2.05, 4.69) is 10.4 Å². The van der Waals surface area contributed by atoms with Crippen LogP contribution in [-0.4, -0.2) is 26.8 Å². The number of para-hydroxylation sites is 1. The van der Waals surface area contributed by atoms with Crippen LogP contribution in [0.25, 0.3) is 0 Å². The van der Waals surface area contributed by atoms with Gasteiger partial charge in [-0.3, -0.25) is 4.79 Å². The Bertz CT molecular complexity index is 925. The van der Waals surface area contributed by atoms with Crippen LogP contribution < -0.4 is 5.32 Å². The predicted molar refractivity (Wildman–Crippen MR) is 99.5 cm³/mol. The molecule has 2 aromatic carbocycles. The van der Waals surface area contributed by atoms with Gasteiger partial charge in [-0.05, 0) is 37.3 Å².